The van der Waals surface area contributed by atoms with Crippen molar-refractivity contribution in [3.05, 3.63) is 95.2 Å². The summed E-state index contributed by atoms with van der Waals surface area (Å²) in [5, 5.41) is 4.81. The average molecular weight is 575 g/mol. The Morgan fingerprint density at radius 3 is 2.51 bits per heavy atom. The summed E-state index contributed by atoms with van der Waals surface area (Å²) in [6, 6.07) is 20.6. The minimum atomic E-state index is -3.75. The fraction of sp³-hybridized carbons (Fsp3) is 0.290. The maximum Gasteiger partial charge on any atom is 0.261 e. The lowest BCUT2D eigenvalue weighted by atomic mass is 10.1. The lowest BCUT2D eigenvalue weighted by molar-refractivity contribution is 0.0730. The fourth-order valence-corrected chi connectivity index (χ4v) is 6.59. The Bertz CT molecular complexity index is 1680. The second-order valence-electron chi connectivity index (χ2n) is 10.1. The predicted molar refractivity (Wildman–Crippen MR) is 158 cm³/mol. The molecule has 3 aromatic carbocycles. The monoisotopic (exact) mass is 574 g/mol. The topological polar surface area (TPSA) is 94.0 Å². The van der Waals surface area contributed by atoms with E-state index < -0.39 is 10.0 Å². The number of carbonyl (C=O) groups excluding carboxylic acids is 1. The minimum absolute atomic E-state index is 0.180. The third-order valence-electron chi connectivity index (χ3n) is 7.21. The smallest absolute Gasteiger partial charge is 0.261 e. The van der Waals surface area contributed by atoms with Gasteiger partial charge in [-0.3, -0.25) is 9.48 Å². The highest BCUT2D eigenvalue weighted by Gasteiger charge is 2.29. The zero-order valence-corrected chi connectivity index (χ0v) is 24.5. The molecular weight excluding hydrogens is 540 g/mol. The number of morpholine rings is 1. The molecule has 1 saturated heterocycles. The van der Waals surface area contributed by atoms with E-state index in [0.717, 1.165) is 16.7 Å². The first-order valence-corrected chi connectivity index (χ1v) is 14.9. The van der Waals surface area contributed by atoms with E-state index in [1.54, 1.807) is 50.2 Å². The van der Waals surface area contributed by atoms with Crippen LogP contribution in [0.1, 0.15) is 27.0 Å². The zero-order valence-electron chi connectivity index (χ0n) is 23.7. The molecule has 2 heterocycles. The van der Waals surface area contributed by atoms with Crippen LogP contribution in [0.4, 0.5) is 5.69 Å². The first kappa shape index (κ1) is 28.5. The SMILES string of the molecule is COc1cccc(-c2nn(Cc3cccc(C)c3)cc2C(=O)N(C)c2ccc(C)c(S(=O)(=O)N3CCOCC3)c2)c1. The quantitative estimate of drug-likeness (QED) is 0.307. The summed E-state index contributed by atoms with van der Waals surface area (Å²) in [6.45, 7) is 5.59. The van der Waals surface area contributed by atoms with Crippen molar-refractivity contribution in [2.75, 3.05) is 45.4 Å². The molecule has 1 fully saturated rings. The molecular formula is C31H34N4O5S. The van der Waals surface area contributed by atoms with Crippen molar-refractivity contribution in [3.63, 3.8) is 0 Å². The van der Waals surface area contributed by atoms with Crippen molar-refractivity contribution in [2.24, 2.45) is 0 Å². The predicted octanol–water partition coefficient (Wildman–Crippen LogP) is 4.52. The molecule has 0 aliphatic carbocycles. The first-order chi connectivity index (χ1) is 19.7. The van der Waals surface area contributed by atoms with Gasteiger partial charge < -0.3 is 14.4 Å². The Morgan fingerprint density at radius 1 is 1.02 bits per heavy atom. The Morgan fingerprint density at radius 2 is 1.78 bits per heavy atom. The number of hydrogen-bond acceptors (Lipinski definition) is 6. The van der Waals surface area contributed by atoms with Crippen LogP contribution in [0.2, 0.25) is 0 Å². The number of nitrogens with zero attached hydrogens (tertiary/aromatic N) is 4. The van der Waals surface area contributed by atoms with Gasteiger partial charge in [0.1, 0.15) is 11.4 Å². The molecule has 4 aromatic rings. The summed E-state index contributed by atoms with van der Waals surface area (Å²) in [5.74, 6) is 0.343. The van der Waals surface area contributed by atoms with Crippen LogP contribution in [-0.4, -0.2) is 68.9 Å². The molecule has 10 heteroatoms. The van der Waals surface area contributed by atoms with Crippen LogP contribution >= 0.6 is 0 Å². The van der Waals surface area contributed by atoms with Crippen LogP contribution in [-0.2, 0) is 21.3 Å². The largest absolute Gasteiger partial charge is 0.497 e. The summed E-state index contributed by atoms with van der Waals surface area (Å²) < 4.78 is 40.9. The van der Waals surface area contributed by atoms with E-state index in [2.05, 4.69) is 6.07 Å². The molecule has 0 atom stereocenters. The number of hydrogen-bond donors (Lipinski definition) is 0. The number of ether oxygens (including phenoxy) is 2. The van der Waals surface area contributed by atoms with Crippen LogP contribution in [0.15, 0.2) is 77.8 Å². The van der Waals surface area contributed by atoms with Gasteiger partial charge in [0.2, 0.25) is 10.0 Å². The van der Waals surface area contributed by atoms with Crippen molar-refractivity contribution < 1.29 is 22.7 Å². The molecule has 0 unspecified atom stereocenters. The number of rotatable bonds is 8. The van der Waals surface area contributed by atoms with E-state index in [1.165, 1.54) is 9.21 Å². The molecule has 41 heavy (non-hydrogen) atoms. The summed E-state index contributed by atoms with van der Waals surface area (Å²) >= 11 is 0. The van der Waals surface area contributed by atoms with E-state index in [9.17, 15) is 13.2 Å². The van der Waals surface area contributed by atoms with Crippen molar-refractivity contribution in [1.29, 1.82) is 0 Å². The Labute approximate surface area is 241 Å². The standard InChI is InChI=1S/C31H34N4O5S/c1-22-7-5-8-24(17-22)20-34-21-28(30(32-34)25-9-6-10-27(18-25)39-4)31(36)33(3)26-12-11-23(2)29(19-26)41(37,38)35-13-15-40-16-14-35/h5-12,17-19,21H,13-16,20H2,1-4H3. The van der Waals surface area contributed by atoms with E-state index in [1.807, 2.05) is 49.4 Å². The second-order valence-corrected chi connectivity index (χ2v) is 12.0. The van der Waals surface area contributed by atoms with Gasteiger partial charge in [-0.2, -0.15) is 9.40 Å². The Kier molecular flexibility index (Phi) is 8.25. The maximum absolute atomic E-state index is 14.0. The van der Waals surface area contributed by atoms with Crippen LogP contribution in [0.5, 0.6) is 5.75 Å². The number of benzene rings is 3. The lowest BCUT2D eigenvalue weighted by Crippen LogP contribution is -2.40. The highest BCUT2D eigenvalue weighted by molar-refractivity contribution is 7.89. The van der Waals surface area contributed by atoms with Crippen molar-refractivity contribution in [1.82, 2.24) is 14.1 Å². The zero-order chi connectivity index (χ0) is 29.1. The highest BCUT2D eigenvalue weighted by Crippen LogP contribution is 2.30. The van der Waals surface area contributed by atoms with E-state index in [4.69, 9.17) is 14.6 Å². The number of methoxy groups -OCH3 is 1. The molecule has 0 saturated carbocycles. The molecule has 1 amide bonds. The first-order valence-electron chi connectivity index (χ1n) is 13.4. The molecule has 1 aliphatic heterocycles. The second kappa shape index (κ2) is 11.9. The van der Waals surface area contributed by atoms with Gasteiger partial charge in [0.25, 0.3) is 5.91 Å². The van der Waals surface area contributed by atoms with Crippen LogP contribution in [0.25, 0.3) is 11.3 Å². The number of sulfonamides is 1. The third-order valence-corrected chi connectivity index (χ3v) is 9.25. The van der Waals surface area contributed by atoms with Crippen LogP contribution in [0.3, 0.4) is 0 Å². The normalized spacial score (nSPS) is 14.1. The van der Waals surface area contributed by atoms with Crippen molar-refractivity contribution in [2.45, 2.75) is 25.3 Å². The van der Waals surface area contributed by atoms with Gasteiger partial charge in [0, 0.05) is 37.6 Å². The lowest BCUT2D eigenvalue weighted by Gasteiger charge is -2.27. The van der Waals surface area contributed by atoms with Crippen LogP contribution in [0, 0.1) is 13.8 Å². The van der Waals surface area contributed by atoms with Crippen molar-refractivity contribution in [3.8, 4) is 17.0 Å². The van der Waals surface area contributed by atoms with Gasteiger partial charge in [0.15, 0.2) is 0 Å². The molecule has 1 aromatic heterocycles. The van der Waals surface area contributed by atoms with Crippen molar-refractivity contribution >= 4 is 21.6 Å². The third kappa shape index (κ3) is 6.04. The summed E-state index contributed by atoms with van der Waals surface area (Å²) in [5.41, 5.74) is 4.94. The van der Waals surface area contributed by atoms with E-state index >= 15 is 0 Å². The summed E-state index contributed by atoms with van der Waals surface area (Å²) in [6.07, 6.45) is 1.75. The molecule has 0 spiro atoms. The molecule has 0 radical (unpaired) electrons. The van der Waals surface area contributed by atoms with Gasteiger partial charge in [-0.25, -0.2) is 8.42 Å². The van der Waals surface area contributed by atoms with Gasteiger partial charge in [0.05, 0.1) is 37.3 Å². The maximum atomic E-state index is 14.0. The number of amides is 1. The highest BCUT2D eigenvalue weighted by atomic mass is 32.2. The molecule has 1 aliphatic rings. The summed E-state index contributed by atoms with van der Waals surface area (Å²) in [4.78, 5) is 15.7. The Hall–Kier alpha value is -3.99. The average Bonchev–Trinajstić information content (AvgIpc) is 3.40. The van der Waals surface area contributed by atoms with Gasteiger partial charge in [-0.05, 0) is 49.2 Å². The fourth-order valence-electron chi connectivity index (χ4n) is 4.94. The van der Waals surface area contributed by atoms with Crippen LogP contribution < -0.4 is 9.64 Å². The number of anilines is 1. The number of aryl methyl sites for hydroxylation is 2. The van der Waals surface area contributed by atoms with E-state index in [-0.39, 0.29) is 10.8 Å². The van der Waals surface area contributed by atoms with Gasteiger partial charge in [-0.1, -0.05) is 48.0 Å². The van der Waals surface area contributed by atoms with Gasteiger partial charge >= 0.3 is 0 Å². The molecule has 0 bridgehead atoms. The van der Waals surface area contributed by atoms with E-state index in [0.29, 0.717) is 61.1 Å². The summed E-state index contributed by atoms with van der Waals surface area (Å²) in [7, 11) is -0.510. The molecule has 9 nitrogen and oxygen atoms in total. The molecule has 5 rings (SSSR count). The van der Waals surface area contributed by atoms with Gasteiger partial charge in [-0.15, -0.1) is 0 Å². The molecule has 0 N–H and O–H groups in total. The number of aromatic nitrogens is 2. The number of carbonyl (C=O) groups is 1. The Balaban J connectivity index is 1.52. The minimum Gasteiger partial charge on any atom is -0.497 e. The molecule has 214 valence electrons.